The zero-order valence-corrected chi connectivity index (χ0v) is 19.2. The molecule has 1 aliphatic heterocycles. The summed E-state index contributed by atoms with van der Waals surface area (Å²) in [4.78, 5) is 25.3. The van der Waals surface area contributed by atoms with Crippen molar-refractivity contribution in [2.24, 2.45) is 40.8 Å². The fourth-order valence-electron chi connectivity index (χ4n) is 3.01. The Morgan fingerprint density at radius 1 is 0.556 bits per heavy atom. The minimum Gasteiger partial charge on any atom is -0.232 e. The minimum absolute atomic E-state index is 0.193. The fraction of sp³-hybridized carbons (Fsp3) is 0.571. The molecule has 138 valence electrons. The zero-order chi connectivity index (χ0) is 20.2. The van der Waals surface area contributed by atoms with Gasteiger partial charge < -0.3 is 0 Å². The number of thiocarbonyl (C=S) groups is 6. The van der Waals surface area contributed by atoms with Crippen molar-refractivity contribution in [3.63, 3.8) is 0 Å². The van der Waals surface area contributed by atoms with Crippen LogP contribution in [0.25, 0.3) is 0 Å². The van der Waals surface area contributed by atoms with E-state index < -0.39 is 21.6 Å². The molecule has 13 heteroatoms. The van der Waals surface area contributed by atoms with Gasteiger partial charge in [0.2, 0.25) is 0 Å². The third-order valence-corrected chi connectivity index (χ3v) is 6.59. The standard InChI is InChI=1S/C14H10N6S7/c21-5-15-1-13(2-16-6-22)11(19-9-25)27-12(20-10-26)14(13,3-17-7-23)4-18-8-24/h11-12H,1-4H2. The normalized spacial score (nSPS) is 28.0. The van der Waals surface area contributed by atoms with E-state index in [2.05, 4.69) is 60.9 Å². The Kier molecular flexibility index (Phi) is 11.3. The highest BCUT2D eigenvalue weighted by atomic mass is 32.2. The van der Waals surface area contributed by atoms with Crippen molar-refractivity contribution in [1.82, 2.24) is 0 Å². The first kappa shape index (κ1) is 24.2. The summed E-state index contributed by atoms with van der Waals surface area (Å²) in [6.45, 7) is 0.772. The molecule has 6 nitrogen and oxygen atoms in total. The van der Waals surface area contributed by atoms with Crippen molar-refractivity contribution in [3.8, 4) is 0 Å². The largest absolute Gasteiger partial charge is 0.232 e. The average molecular weight is 487 g/mol. The lowest BCUT2D eigenvalue weighted by Crippen LogP contribution is -2.54. The van der Waals surface area contributed by atoms with E-state index in [1.54, 1.807) is 0 Å². The van der Waals surface area contributed by atoms with Gasteiger partial charge in [-0.3, -0.25) is 0 Å². The second kappa shape index (κ2) is 12.6. The van der Waals surface area contributed by atoms with Gasteiger partial charge in [-0.25, -0.2) is 30.0 Å². The van der Waals surface area contributed by atoms with Crippen molar-refractivity contribution in [3.05, 3.63) is 0 Å². The Morgan fingerprint density at radius 3 is 1.07 bits per heavy atom. The minimum atomic E-state index is -0.813. The maximum absolute atomic E-state index is 4.83. The number of nitrogens with zero attached hydrogens (tertiary/aromatic N) is 6. The number of hydrogen-bond acceptors (Lipinski definition) is 13. The van der Waals surface area contributed by atoms with Crippen LogP contribution in [0.2, 0.25) is 0 Å². The van der Waals surface area contributed by atoms with Crippen LogP contribution >= 0.6 is 85.1 Å². The molecule has 1 rings (SSSR count). The van der Waals surface area contributed by atoms with Crippen molar-refractivity contribution in [2.45, 2.75) is 10.7 Å². The number of rotatable bonds is 10. The molecule has 0 aliphatic carbocycles. The number of thioether (sulfide) groups is 1. The molecule has 0 aromatic heterocycles. The van der Waals surface area contributed by atoms with Gasteiger partial charge in [-0.1, -0.05) is 0 Å². The van der Waals surface area contributed by atoms with E-state index in [4.69, 9.17) is 73.3 Å². The lowest BCUT2D eigenvalue weighted by molar-refractivity contribution is 0.0825. The van der Waals surface area contributed by atoms with Crippen molar-refractivity contribution in [1.29, 1.82) is 0 Å². The van der Waals surface area contributed by atoms with Crippen LogP contribution in [0.4, 0.5) is 0 Å². The van der Waals surface area contributed by atoms with E-state index in [0.717, 1.165) is 0 Å². The summed E-state index contributed by atoms with van der Waals surface area (Å²) in [5, 5.41) is 13.4. The maximum Gasteiger partial charge on any atom is 0.118 e. The summed E-state index contributed by atoms with van der Waals surface area (Å²) in [6, 6.07) is 0. The molecule has 0 aromatic carbocycles. The topological polar surface area (TPSA) is 74.2 Å². The van der Waals surface area contributed by atoms with Crippen LogP contribution in [-0.4, -0.2) is 67.9 Å². The third kappa shape index (κ3) is 5.36. The first-order valence-electron chi connectivity index (χ1n) is 7.06. The van der Waals surface area contributed by atoms with Crippen molar-refractivity contribution >= 4 is 116 Å². The summed E-state index contributed by atoms with van der Waals surface area (Å²) in [7, 11) is 0. The Balaban J connectivity index is 3.90. The Labute approximate surface area is 192 Å². The summed E-state index contributed by atoms with van der Waals surface area (Å²) in [6.07, 6.45) is 0. The lowest BCUT2D eigenvalue weighted by atomic mass is 9.62. The lowest BCUT2D eigenvalue weighted by Gasteiger charge is -2.43. The second-order valence-corrected chi connectivity index (χ2v) is 7.48. The molecule has 1 fully saturated rings. The molecule has 1 heterocycles. The molecule has 1 saturated heterocycles. The highest BCUT2D eigenvalue weighted by Gasteiger charge is 2.66. The molecule has 0 amide bonds. The summed E-state index contributed by atoms with van der Waals surface area (Å²) < 4.78 is 0. The highest BCUT2D eigenvalue weighted by molar-refractivity contribution is 8.00. The van der Waals surface area contributed by atoms with Gasteiger partial charge in [0, 0.05) is 0 Å². The zero-order valence-electron chi connectivity index (χ0n) is 13.5. The molecule has 27 heavy (non-hydrogen) atoms. The summed E-state index contributed by atoms with van der Waals surface area (Å²) in [5.74, 6) is 0. The predicted octanol–water partition coefficient (Wildman–Crippen LogP) is 3.98. The molecule has 0 spiro atoms. The van der Waals surface area contributed by atoms with E-state index in [1.165, 1.54) is 11.8 Å². The van der Waals surface area contributed by atoms with Crippen molar-refractivity contribution in [2.75, 3.05) is 26.2 Å². The van der Waals surface area contributed by atoms with E-state index in [0.29, 0.717) is 0 Å². The van der Waals surface area contributed by atoms with E-state index in [9.17, 15) is 0 Å². The first-order valence-corrected chi connectivity index (χ1v) is 10.5. The third-order valence-electron chi connectivity index (χ3n) is 4.24. The van der Waals surface area contributed by atoms with Crippen LogP contribution in [0.3, 0.4) is 0 Å². The van der Waals surface area contributed by atoms with Crippen LogP contribution in [0.5, 0.6) is 0 Å². The molecule has 0 N–H and O–H groups in total. The van der Waals surface area contributed by atoms with Crippen LogP contribution in [0, 0.1) is 10.8 Å². The Morgan fingerprint density at radius 2 is 0.852 bits per heavy atom. The van der Waals surface area contributed by atoms with Gasteiger partial charge in [-0.15, -0.1) is 11.8 Å². The van der Waals surface area contributed by atoms with E-state index in [1.807, 2.05) is 0 Å². The van der Waals surface area contributed by atoms with Crippen LogP contribution in [0.15, 0.2) is 30.0 Å². The van der Waals surface area contributed by atoms with Gasteiger partial charge in [-0.2, -0.15) is 0 Å². The molecule has 2 unspecified atom stereocenters. The Bertz CT molecular complexity index is 739. The molecule has 2 atom stereocenters. The Hall–Kier alpha value is -0.850. The summed E-state index contributed by atoms with van der Waals surface area (Å²) >= 11 is 30.1. The SMILES string of the molecule is S=C=NCC1(CN=C=S)C(N=C=S)SC(N=C=S)C1(CN=C=S)CN=C=S. The molecule has 0 saturated carbocycles. The number of isothiocyanates is 6. The van der Waals surface area contributed by atoms with Gasteiger partial charge >= 0.3 is 0 Å². The molecule has 1 aliphatic rings. The number of hydrogen-bond donors (Lipinski definition) is 0. The van der Waals surface area contributed by atoms with Crippen molar-refractivity contribution < 1.29 is 0 Å². The molecule has 0 aromatic rings. The quantitative estimate of drug-likeness (QED) is 0.342. The summed E-state index contributed by atoms with van der Waals surface area (Å²) in [5.41, 5.74) is -1.63. The monoisotopic (exact) mass is 486 g/mol. The van der Waals surface area contributed by atoms with Gasteiger partial charge in [0.25, 0.3) is 0 Å². The van der Waals surface area contributed by atoms with Gasteiger partial charge in [0.05, 0.1) is 68.0 Å². The van der Waals surface area contributed by atoms with Crippen LogP contribution in [-0.2, 0) is 0 Å². The van der Waals surface area contributed by atoms with Crippen LogP contribution < -0.4 is 0 Å². The fourth-order valence-corrected chi connectivity index (χ4v) is 5.38. The van der Waals surface area contributed by atoms with Gasteiger partial charge in [0.15, 0.2) is 0 Å². The highest BCUT2D eigenvalue weighted by Crippen LogP contribution is 2.61. The second-order valence-electron chi connectivity index (χ2n) is 5.22. The maximum atomic E-state index is 4.83. The first-order chi connectivity index (χ1) is 13.1. The smallest absolute Gasteiger partial charge is 0.118 e. The van der Waals surface area contributed by atoms with E-state index in [-0.39, 0.29) is 26.2 Å². The molecule has 0 radical (unpaired) electrons. The van der Waals surface area contributed by atoms with E-state index >= 15 is 0 Å². The molecular weight excluding hydrogens is 477 g/mol. The number of aliphatic imine (C=N–C) groups is 6. The molecule has 0 bridgehead atoms. The van der Waals surface area contributed by atoms with Gasteiger partial charge in [-0.05, 0) is 73.3 Å². The average Bonchev–Trinajstić information content (AvgIpc) is 2.91. The molecular formula is C14H10N6S7. The predicted molar refractivity (Wildman–Crippen MR) is 130 cm³/mol. The van der Waals surface area contributed by atoms with Gasteiger partial charge in [0.1, 0.15) is 10.7 Å². The van der Waals surface area contributed by atoms with Crippen LogP contribution in [0.1, 0.15) is 0 Å².